The Labute approximate surface area is 168 Å². The predicted octanol–water partition coefficient (Wildman–Crippen LogP) is 0.887. The number of carbonyl (C=O) groups excluding carboxylic acids is 4. The van der Waals surface area contributed by atoms with Gasteiger partial charge in [-0.3, -0.25) is 19.2 Å². The fourth-order valence-electron chi connectivity index (χ4n) is 2.36. The molecule has 2 atom stereocenters. The Morgan fingerprint density at radius 3 is 2.21 bits per heavy atom. The molecule has 11 heteroatoms. The van der Waals surface area contributed by atoms with Crippen LogP contribution in [0.5, 0.6) is 0 Å². The average molecular weight is 410 g/mol. The number of amides is 2. The number of nitrogens with zero attached hydrogens (tertiary/aromatic N) is 2. The standard InChI is InChI=1S/C18H26N4O7/c1-11(23)19-13(7-5-9-15(25)27-3)17-21-22-18(29-17)14(20-12(2)24)8-6-10-16(26)28-4/h5,7,13-14H,6,8-10H2,1-4H3,(H,19,23)(H,20,24)/b7-5+. The number of carbonyl (C=O) groups is 4. The summed E-state index contributed by atoms with van der Waals surface area (Å²) in [6.45, 7) is 2.67. The summed E-state index contributed by atoms with van der Waals surface area (Å²) in [7, 11) is 2.57. The topological polar surface area (TPSA) is 150 Å². The number of ether oxygens (including phenoxy) is 2. The first-order valence-corrected chi connectivity index (χ1v) is 8.94. The van der Waals surface area contributed by atoms with Crippen molar-refractivity contribution in [1.82, 2.24) is 20.8 Å². The summed E-state index contributed by atoms with van der Waals surface area (Å²) in [5.41, 5.74) is 0. The van der Waals surface area contributed by atoms with Crippen LogP contribution in [0, 0.1) is 0 Å². The molecular weight excluding hydrogens is 384 g/mol. The zero-order valence-electron chi connectivity index (χ0n) is 16.9. The lowest BCUT2D eigenvalue weighted by atomic mass is 10.1. The van der Waals surface area contributed by atoms with E-state index in [0.717, 1.165) is 0 Å². The number of hydrogen-bond acceptors (Lipinski definition) is 9. The van der Waals surface area contributed by atoms with E-state index in [0.29, 0.717) is 12.8 Å². The highest BCUT2D eigenvalue weighted by Gasteiger charge is 2.23. The van der Waals surface area contributed by atoms with Crippen LogP contribution in [-0.2, 0) is 28.7 Å². The van der Waals surface area contributed by atoms with E-state index in [9.17, 15) is 19.2 Å². The first-order valence-electron chi connectivity index (χ1n) is 8.94. The van der Waals surface area contributed by atoms with Crippen LogP contribution >= 0.6 is 0 Å². The molecule has 1 heterocycles. The van der Waals surface area contributed by atoms with Gasteiger partial charge in [-0.2, -0.15) is 0 Å². The number of methoxy groups -OCH3 is 2. The van der Waals surface area contributed by atoms with Gasteiger partial charge in [-0.1, -0.05) is 12.2 Å². The number of hydrogen-bond donors (Lipinski definition) is 2. The van der Waals surface area contributed by atoms with Crippen molar-refractivity contribution in [1.29, 1.82) is 0 Å². The molecule has 160 valence electrons. The molecule has 11 nitrogen and oxygen atoms in total. The lowest BCUT2D eigenvalue weighted by molar-refractivity contribution is -0.141. The molecule has 0 spiro atoms. The normalized spacial score (nSPS) is 12.8. The first kappa shape index (κ1) is 23.8. The summed E-state index contributed by atoms with van der Waals surface area (Å²) >= 11 is 0. The van der Waals surface area contributed by atoms with Gasteiger partial charge in [-0.15, -0.1) is 10.2 Å². The zero-order chi connectivity index (χ0) is 21.8. The lowest BCUT2D eigenvalue weighted by Crippen LogP contribution is -2.26. The Kier molecular flexibility index (Phi) is 10.1. The Morgan fingerprint density at radius 1 is 1.00 bits per heavy atom. The van der Waals surface area contributed by atoms with Crippen LogP contribution in [0.4, 0.5) is 0 Å². The highest BCUT2D eigenvalue weighted by atomic mass is 16.5. The van der Waals surface area contributed by atoms with Crippen molar-refractivity contribution in [3.05, 3.63) is 23.9 Å². The van der Waals surface area contributed by atoms with Crippen molar-refractivity contribution in [2.75, 3.05) is 14.2 Å². The van der Waals surface area contributed by atoms with E-state index < -0.39 is 18.1 Å². The third-order valence-electron chi connectivity index (χ3n) is 3.70. The molecule has 1 aromatic heterocycles. The van der Waals surface area contributed by atoms with Crippen LogP contribution in [0.25, 0.3) is 0 Å². The van der Waals surface area contributed by atoms with Gasteiger partial charge in [-0.05, 0) is 12.8 Å². The fourth-order valence-corrected chi connectivity index (χ4v) is 2.36. The SMILES string of the molecule is COC(=O)C/C=C/C(NC(C)=O)c1nnc(C(CCCC(=O)OC)NC(C)=O)o1. The minimum Gasteiger partial charge on any atom is -0.469 e. The van der Waals surface area contributed by atoms with Crippen molar-refractivity contribution in [2.45, 2.75) is 51.6 Å². The molecular formula is C18H26N4O7. The summed E-state index contributed by atoms with van der Waals surface area (Å²) < 4.78 is 14.8. The van der Waals surface area contributed by atoms with E-state index in [1.54, 1.807) is 0 Å². The summed E-state index contributed by atoms with van der Waals surface area (Å²) in [5, 5.41) is 13.2. The van der Waals surface area contributed by atoms with Gasteiger partial charge in [0.15, 0.2) is 0 Å². The molecule has 0 aliphatic carbocycles. The summed E-state index contributed by atoms with van der Waals surface area (Å²) in [4.78, 5) is 45.5. The van der Waals surface area contributed by atoms with Crippen molar-refractivity contribution in [3.8, 4) is 0 Å². The Bertz CT molecular complexity index is 744. The lowest BCUT2D eigenvalue weighted by Gasteiger charge is -2.14. The molecule has 0 aliphatic heterocycles. The number of rotatable bonds is 11. The minimum atomic E-state index is -0.758. The highest BCUT2D eigenvalue weighted by molar-refractivity contribution is 5.74. The zero-order valence-corrected chi connectivity index (χ0v) is 16.9. The van der Waals surface area contributed by atoms with Gasteiger partial charge in [0, 0.05) is 20.3 Å². The van der Waals surface area contributed by atoms with E-state index in [4.69, 9.17) is 4.42 Å². The molecule has 0 radical (unpaired) electrons. The first-order chi connectivity index (χ1) is 13.8. The molecule has 1 aromatic rings. The second-order valence-electron chi connectivity index (χ2n) is 6.09. The van der Waals surface area contributed by atoms with Gasteiger partial charge in [0.05, 0.1) is 20.6 Å². The van der Waals surface area contributed by atoms with E-state index in [1.807, 2.05) is 0 Å². The maximum absolute atomic E-state index is 11.5. The predicted molar refractivity (Wildman–Crippen MR) is 99.1 cm³/mol. The number of aromatic nitrogens is 2. The van der Waals surface area contributed by atoms with Crippen molar-refractivity contribution >= 4 is 23.8 Å². The van der Waals surface area contributed by atoms with E-state index >= 15 is 0 Å². The Hall–Kier alpha value is -3.24. The molecule has 2 amide bonds. The molecule has 0 saturated heterocycles. The van der Waals surface area contributed by atoms with Gasteiger partial charge in [0.1, 0.15) is 12.1 Å². The molecule has 1 rings (SSSR count). The van der Waals surface area contributed by atoms with Crippen LogP contribution in [0.2, 0.25) is 0 Å². The number of nitrogens with one attached hydrogen (secondary N) is 2. The van der Waals surface area contributed by atoms with Crippen molar-refractivity contribution in [2.24, 2.45) is 0 Å². The molecule has 0 saturated carbocycles. The second kappa shape index (κ2) is 12.3. The highest BCUT2D eigenvalue weighted by Crippen LogP contribution is 2.22. The fraction of sp³-hybridized carbons (Fsp3) is 0.556. The Balaban J connectivity index is 2.94. The maximum atomic E-state index is 11.5. The molecule has 2 unspecified atom stereocenters. The van der Waals surface area contributed by atoms with E-state index in [-0.39, 0.29) is 42.4 Å². The van der Waals surface area contributed by atoms with Gasteiger partial charge < -0.3 is 24.5 Å². The van der Waals surface area contributed by atoms with Crippen LogP contribution < -0.4 is 10.6 Å². The van der Waals surface area contributed by atoms with Gasteiger partial charge >= 0.3 is 11.9 Å². The van der Waals surface area contributed by atoms with Crippen LogP contribution in [0.1, 0.15) is 63.4 Å². The van der Waals surface area contributed by atoms with Crippen LogP contribution in [0.3, 0.4) is 0 Å². The van der Waals surface area contributed by atoms with Crippen LogP contribution in [0.15, 0.2) is 16.6 Å². The second-order valence-corrected chi connectivity index (χ2v) is 6.09. The third-order valence-corrected chi connectivity index (χ3v) is 3.70. The molecule has 0 aromatic carbocycles. The molecule has 0 fully saturated rings. The van der Waals surface area contributed by atoms with Crippen molar-refractivity contribution < 1.29 is 33.1 Å². The summed E-state index contributed by atoms with van der Waals surface area (Å²) in [6.07, 6.45) is 4.04. The maximum Gasteiger partial charge on any atom is 0.309 e. The number of esters is 2. The summed E-state index contributed by atoms with van der Waals surface area (Å²) in [6, 6.07) is -1.36. The monoisotopic (exact) mass is 410 g/mol. The molecule has 0 aliphatic rings. The largest absolute Gasteiger partial charge is 0.469 e. The van der Waals surface area contributed by atoms with Gasteiger partial charge in [0.25, 0.3) is 0 Å². The van der Waals surface area contributed by atoms with Crippen molar-refractivity contribution in [3.63, 3.8) is 0 Å². The Morgan fingerprint density at radius 2 is 1.62 bits per heavy atom. The average Bonchev–Trinajstić information content (AvgIpc) is 3.15. The van der Waals surface area contributed by atoms with Crippen LogP contribution in [-0.4, -0.2) is 48.2 Å². The molecule has 29 heavy (non-hydrogen) atoms. The smallest absolute Gasteiger partial charge is 0.309 e. The molecule has 2 N–H and O–H groups in total. The minimum absolute atomic E-state index is 0.00955. The van der Waals surface area contributed by atoms with E-state index in [1.165, 1.54) is 40.2 Å². The quantitative estimate of drug-likeness (QED) is 0.400. The third kappa shape index (κ3) is 9.00. The van der Waals surface area contributed by atoms with E-state index in [2.05, 4.69) is 30.3 Å². The van der Waals surface area contributed by atoms with Gasteiger partial charge in [0.2, 0.25) is 23.6 Å². The molecule has 0 bridgehead atoms. The summed E-state index contributed by atoms with van der Waals surface area (Å²) in [5.74, 6) is -1.22. The van der Waals surface area contributed by atoms with Gasteiger partial charge in [-0.25, -0.2) is 0 Å².